The fourth-order valence-corrected chi connectivity index (χ4v) is 1.49. The summed E-state index contributed by atoms with van der Waals surface area (Å²) in [6, 6.07) is 3.49. The summed E-state index contributed by atoms with van der Waals surface area (Å²) in [7, 11) is 3.13. The number of amides is 1. The lowest BCUT2D eigenvalue weighted by molar-refractivity contribution is 0.0952. The molecular weight excluding hydrogens is 254 g/mol. The Bertz CT molecular complexity index is 390. The Morgan fingerprint density at radius 3 is 1.95 bits per heavy atom. The number of rotatable bonds is 4. The van der Waals surface area contributed by atoms with Crippen LogP contribution in [0.3, 0.4) is 0 Å². The van der Waals surface area contributed by atoms with Crippen LogP contribution in [0.5, 0.6) is 11.5 Å². The van der Waals surface area contributed by atoms with Gasteiger partial charge in [0.15, 0.2) is 0 Å². The average Bonchev–Trinajstić information content (AvgIpc) is 2.51. The predicted molar refractivity (Wildman–Crippen MR) is 85.0 cm³/mol. The van der Waals surface area contributed by atoms with Crippen LogP contribution in [-0.4, -0.2) is 26.7 Å². The van der Waals surface area contributed by atoms with Gasteiger partial charge in [0.25, 0.3) is 5.91 Å². The molecule has 116 valence electrons. The second kappa shape index (κ2) is 12.3. The molecule has 1 aromatic carbocycles. The Morgan fingerprint density at radius 1 is 1.05 bits per heavy atom. The quantitative estimate of drug-likeness (QED) is 0.914. The van der Waals surface area contributed by atoms with E-state index in [0.717, 1.165) is 5.56 Å². The largest absolute Gasteiger partial charge is 0.496 e. The highest BCUT2D eigenvalue weighted by atomic mass is 16.5. The third-order valence-corrected chi connectivity index (χ3v) is 2.30. The number of ether oxygens (including phenoxy) is 2. The van der Waals surface area contributed by atoms with Gasteiger partial charge < -0.3 is 14.8 Å². The van der Waals surface area contributed by atoms with Gasteiger partial charge in [0.1, 0.15) is 11.5 Å². The van der Waals surface area contributed by atoms with Crippen molar-refractivity contribution in [3.8, 4) is 11.5 Å². The molecule has 0 saturated heterocycles. The van der Waals surface area contributed by atoms with E-state index in [4.69, 9.17) is 9.47 Å². The zero-order valence-corrected chi connectivity index (χ0v) is 14.1. The van der Waals surface area contributed by atoms with Crippen LogP contribution >= 0.6 is 0 Å². The highest BCUT2D eigenvalue weighted by Crippen LogP contribution is 2.28. The Labute approximate surface area is 123 Å². The molecule has 1 N–H and O–H groups in total. The standard InChI is InChI=1S/C12H17NO3.2C2H6/c1-5-13-12(14)9-6-8(2)10(15-3)7-11(9)16-4;2*1-2/h6-7H,5H2,1-4H3,(H,13,14);2*1-2H3. The third kappa shape index (κ3) is 5.95. The zero-order chi connectivity index (χ0) is 16.1. The summed E-state index contributed by atoms with van der Waals surface area (Å²) in [5.41, 5.74) is 1.44. The van der Waals surface area contributed by atoms with Gasteiger partial charge in [0.2, 0.25) is 0 Å². The van der Waals surface area contributed by atoms with Crippen LogP contribution in [0.25, 0.3) is 0 Å². The fourth-order valence-electron chi connectivity index (χ4n) is 1.49. The van der Waals surface area contributed by atoms with Gasteiger partial charge >= 0.3 is 0 Å². The van der Waals surface area contributed by atoms with Crippen molar-refractivity contribution in [2.75, 3.05) is 20.8 Å². The van der Waals surface area contributed by atoms with E-state index in [1.54, 1.807) is 19.2 Å². The molecule has 20 heavy (non-hydrogen) atoms. The summed E-state index contributed by atoms with van der Waals surface area (Å²) in [5.74, 6) is 1.10. The van der Waals surface area contributed by atoms with Gasteiger partial charge in [-0.2, -0.15) is 0 Å². The predicted octanol–water partition coefficient (Wildman–Crippen LogP) is 3.81. The van der Waals surface area contributed by atoms with Crippen molar-refractivity contribution < 1.29 is 14.3 Å². The molecule has 0 atom stereocenters. The monoisotopic (exact) mass is 283 g/mol. The summed E-state index contributed by atoms with van der Waals surface area (Å²) in [6.45, 7) is 12.4. The van der Waals surface area contributed by atoms with Crippen molar-refractivity contribution in [3.05, 3.63) is 23.3 Å². The zero-order valence-electron chi connectivity index (χ0n) is 14.1. The van der Waals surface area contributed by atoms with Crippen LogP contribution in [0.4, 0.5) is 0 Å². The SMILES string of the molecule is CC.CC.CCNC(=O)c1cc(C)c(OC)cc1OC. The van der Waals surface area contributed by atoms with Crippen LogP contribution in [0.15, 0.2) is 12.1 Å². The molecule has 0 saturated carbocycles. The number of aryl methyl sites for hydroxylation is 1. The Morgan fingerprint density at radius 2 is 1.55 bits per heavy atom. The van der Waals surface area contributed by atoms with E-state index in [2.05, 4.69) is 5.32 Å². The van der Waals surface area contributed by atoms with Crippen LogP contribution in [0.1, 0.15) is 50.5 Å². The number of hydrogen-bond donors (Lipinski definition) is 1. The van der Waals surface area contributed by atoms with E-state index in [1.165, 1.54) is 7.11 Å². The minimum absolute atomic E-state index is 0.134. The second-order valence-corrected chi connectivity index (χ2v) is 3.38. The summed E-state index contributed by atoms with van der Waals surface area (Å²) in [4.78, 5) is 11.7. The van der Waals surface area contributed by atoms with Crippen molar-refractivity contribution in [3.63, 3.8) is 0 Å². The van der Waals surface area contributed by atoms with E-state index < -0.39 is 0 Å². The number of methoxy groups -OCH3 is 2. The van der Waals surface area contributed by atoms with E-state index in [-0.39, 0.29) is 5.91 Å². The maximum Gasteiger partial charge on any atom is 0.255 e. The first-order chi connectivity index (χ1) is 9.63. The van der Waals surface area contributed by atoms with Crippen LogP contribution in [0, 0.1) is 6.92 Å². The molecule has 0 fully saturated rings. The number of carbonyl (C=O) groups is 1. The topological polar surface area (TPSA) is 47.6 Å². The molecule has 0 heterocycles. The molecule has 0 radical (unpaired) electrons. The van der Waals surface area contributed by atoms with Gasteiger partial charge in [-0.05, 0) is 25.5 Å². The van der Waals surface area contributed by atoms with Crippen molar-refractivity contribution >= 4 is 5.91 Å². The Balaban J connectivity index is 0. The first kappa shape index (κ1) is 20.6. The molecule has 1 amide bonds. The summed E-state index contributed by atoms with van der Waals surface area (Å²) in [6.07, 6.45) is 0. The van der Waals surface area contributed by atoms with Crippen molar-refractivity contribution in [1.82, 2.24) is 5.32 Å². The number of hydrogen-bond acceptors (Lipinski definition) is 3. The molecule has 0 aliphatic rings. The van der Waals surface area contributed by atoms with Gasteiger partial charge in [0.05, 0.1) is 19.8 Å². The van der Waals surface area contributed by atoms with E-state index in [9.17, 15) is 4.79 Å². The maximum absolute atomic E-state index is 11.7. The Hall–Kier alpha value is -1.71. The lowest BCUT2D eigenvalue weighted by Gasteiger charge is -2.12. The molecule has 0 aromatic heterocycles. The first-order valence-electron chi connectivity index (χ1n) is 7.14. The molecule has 0 aliphatic heterocycles. The minimum atomic E-state index is -0.134. The third-order valence-electron chi connectivity index (χ3n) is 2.30. The average molecular weight is 283 g/mol. The lowest BCUT2D eigenvalue weighted by atomic mass is 10.1. The van der Waals surface area contributed by atoms with Crippen molar-refractivity contribution in [1.29, 1.82) is 0 Å². The molecule has 4 heteroatoms. The smallest absolute Gasteiger partial charge is 0.255 e. The first-order valence-corrected chi connectivity index (χ1v) is 7.14. The molecule has 1 aromatic rings. The highest BCUT2D eigenvalue weighted by Gasteiger charge is 2.14. The summed E-state index contributed by atoms with van der Waals surface area (Å²) >= 11 is 0. The van der Waals surface area contributed by atoms with Crippen LogP contribution < -0.4 is 14.8 Å². The van der Waals surface area contributed by atoms with E-state index in [1.807, 2.05) is 41.5 Å². The van der Waals surface area contributed by atoms with Gasteiger partial charge in [0, 0.05) is 12.6 Å². The molecule has 0 aliphatic carbocycles. The van der Waals surface area contributed by atoms with E-state index in [0.29, 0.717) is 23.6 Å². The van der Waals surface area contributed by atoms with Crippen molar-refractivity contribution in [2.24, 2.45) is 0 Å². The summed E-state index contributed by atoms with van der Waals surface area (Å²) in [5, 5.41) is 2.74. The fraction of sp³-hybridized carbons (Fsp3) is 0.562. The summed E-state index contributed by atoms with van der Waals surface area (Å²) < 4.78 is 10.3. The second-order valence-electron chi connectivity index (χ2n) is 3.38. The molecule has 1 rings (SSSR count). The van der Waals surface area contributed by atoms with Crippen LogP contribution in [0.2, 0.25) is 0 Å². The molecule has 0 spiro atoms. The Kier molecular flexibility index (Phi) is 12.7. The van der Waals surface area contributed by atoms with Gasteiger partial charge in [-0.25, -0.2) is 0 Å². The van der Waals surface area contributed by atoms with Gasteiger partial charge in [-0.3, -0.25) is 4.79 Å². The van der Waals surface area contributed by atoms with Gasteiger partial charge in [-0.15, -0.1) is 0 Å². The lowest BCUT2D eigenvalue weighted by Crippen LogP contribution is -2.23. The van der Waals surface area contributed by atoms with Crippen LogP contribution in [-0.2, 0) is 0 Å². The number of benzene rings is 1. The molecule has 4 nitrogen and oxygen atoms in total. The maximum atomic E-state index is 11.7. The molecular formula is C16H29NO3. The molecule has 0 bridgehead atoms. The number of nitrogens with one attached hydrogen (secondary N) is 1. The highest BCUT2D eigenvalue weighted by molar-refractivity contribution is 5.97. The minimum Gasteiger partial charge on any atom is -0.496 e. The molecule has 0 unspecified atom stereocenters. The van der Waals surface area contributed by atoms with Gasteiger partial charge in [-0.1, -0.05) is 27.7 Å². The normalized spacial score (nSPS) is 8.40. The van der Waals surface area contributed by atoms with Crippen molar-refractivity contribution in [2.45, 2.75) is 41.5 Å². The van der Waals surface area contributed by atoms with E-state index >= 15 is 0 Å². The number of carbonyl (C=O) groups excluding carboxylic acids is 1.